The second-order valence-corrected chi connectivity index (χ2v) is 5.52. The zero-order chi connectivity index (χ0) is 13.9. The summed E-state index contributed by atoms with van der Waals surface area (Å²) in [7, 11) is 0. The van der Waals surface area contributed by atoms with E-state index in [-0.39, 0.29) is 12.0 Å². The van der Waals surface area contributed by atoms with Crippen LogP contribution in [0.5, 0.6) is 11.6 Å². The van der Waals surface area contributed by atoms with Gasteiger partial charge in [-0.2, -0.15) is 0 Å². The van der Waals surface area contributed by atoms with E-state index >= 15 is 0 Å². The van der Waals surface area contributed by atoms with E-state index in [0.29, 0.717) is 5.88 Å². The molecule has 0 bridgehead atoms. The van der Waals surface area contributed by atoms with Crippen molar-refractivity contribution in [2.75, 3.05) is 0 Å². The number of aliphatic hydroxyl groups excluding tert-OH is 1. The van der Waals surface area contributed by atoms with Crippen molar-refractivity contribution in [3.63, 3.8) is 0 Å². The summed E-state index contributed by atoms with van der Waals surface area (Å²) in [5.74, 6) is 1.26. The van der Waals surface area contributed by atoms with E-state index in [2.05, 4.69) is 25.8 Å². The molecule has 0 spiro atoms. The van der Waals surface area contributed by atoms with Crippen molar-refractivity contribution < 1.29 is 9.84 Å². The number of aromatic nitrogens is 1. The smallest absolute Gasteiger partial charge is 0.219 e. The molecule has 1 aromatic carbocycles. The predicted molar refractivity (Wildman–Crippen MR) is 75.4 cm³/mol. The molecule has 3 nitrogen and oxygen atoms in total. The van der Waals surface area contributed by atoms with E-state index in [0.717, 1.165) is 17.0 Å². The lowest BCUT2D eigenvalue weighted by Crippen LogP contribution is -2.14. The summed E-state index contributed by atoms with van der Waals surface area (Å²) in [6.45, 7) is 6.24. The molecule has 100 valence electrons. The number of para-hydroxylation sites is 1. The molecule has 3 heteroatoms. The third-order valence-electron chi connectivity index (χ3n) is 2.78. The molecule has 0 aliphatic carbocycles. The van der Waals surface area contributed by atoms with Gasteiger partial charge in [-0.3, -0.25) is 0 Å². The maximum Gasteiger partial charge on any atom is 0.219 e. The molecule has 1 aromatic heterocycles. The number of hydrogen-bond donors (Lipinski definition) is 1. The fraction of sp³-hybridized carbons (Fsp3) is 0.312. The highest BCUT2D eigenvalue weighted by Crippen LogP contribution is 2.26. The quantitative estimate of drug-likeness (QED) is 0.912. The second kappa shape index (κ2) is 5.41. The van der Waals surface area contributed by atoms with Gasteiger partial charge in [0.25, 0.3) is 0 Å². The van der Waals surface area contributed by atoms with Gasteiger partial charge in [0.05, 0.1) is 12.3 Å². The lowest BCUT2D eigenvalue weighted by molar-refractivity contribution is 0.280. The van der Waals surface area contributed by atoms with Crippen LogP contribution in [0.2, 0.25) is 0 Å². The van der Waals surface area contributed by atoms with Crippen LogP contribution in [0.15, 0.2) is 42.5 Å². The topological polar surface area (TPSA) is 42.4 Å². The molecule has 0 atom stereocenters. The minimum absolute atomic E-state index is 0.0171. The second-order valence-electron chi connectivity index (χ2n) is 5.52. The molecule has 0 saturated heterocycles. The molecule has 1 heterocycles. The molecule has 0 fully saturated rings. The summed E-state index contributed by atoms with van der Waals surface area (Å²) in [5.41, 5.74) is 1.64. The fourth-order valence-electron chi connectivity index (χ4n) is 1.70. The molecule has 2 aromatic rings. The summed E-state index contributed by atoms with van der Waals surface area (Å²) in [6.07, 6.45) is 0. The molecule has 19 heavy (non-hydrogen) atoms. The molecular weight excluding hydrogens is 238 g/mol. The SMILES string of the molecule is CC(C)(C)c1cc(CO)cc(Oc2ccccc2)n1. The largest absolute Gasteiger partial charge is 0.439 e. The van der Waals surface area contributed by atoms with Crippen LogP contribution < -0.4 is 4.74 Å². The average molecular weight is 257 g/mol. The van der Waals surface area contributed by atoms with Crippen LogP contribution >= 0.6 is 0 Å². The number of hydrogen-bond acceptors (Lipinski definition) is 3. The Labute approximate surface area is 113 Å². The van der Waals surface area contributed by atoms with Crippen LogP contribution in [0.1, 0.15) is 32.0 Å². The van der Waals surface area contributed by atoms with Gasteiger partial charge < -0.3 is 9.84 Å². The van der Waals surface area contributed by atoms with Gasteiger partial charge in [0.1, 0.15) is 5.75 Å². The lowest BCUT2D eigenvalue weighted by atomic mass is 9.91. The van der Waals surface area contributed by atoms with Gasteiger partial charge in [-0.25, -0.2) is 4.98 Å². The number of rotatable bonds is 3. The standard InChI is InChI=1S/C16H19NO2/c1-16(2,3)14-9-12(11-18)10-15(17-14)19-13-7-5-4-6-8-13/h4-10,18H,11H2,1-3H3. The Morgan fingerprint density at radius 3 is 2.37 bits per heavy atom. The summed E-state index contributed by atoms with van der Waals surface area (Å²) in [4.78, 5) is 4.51. The van der Waals surface area contributed by atoms with Crippen molar-refractivity contribution >= 4 is 0 Å². The maximum absolute atomic E-state index is 9.33. The summed E-state index contributed by atoms with van der Waals surface area (Å²) in [5, 5.41) is 9.33. The molecule has 2 rings (SSSR count). The van der Waals surface area contributed by atoms with E-state index < -0.39 is 0 Å². The minimum atomic E-state index is -0.0834. The van der Waals surface area contributed by atoms with Crippen LogP contribution in [0.4, 0.5) is 0 Å². The Kier molecular flexibility index (Phi) is 3.86. The Morgan fingerprint density at radius 2 is 1.79 bits per heavy atom. The molecular formula is C16H19NO2. The first-order valence-corrected chi connectivity index (χ1v) is 6.34. The molecule has 0 aliphatic heterocycles. The zero-order valence-corrected chi connectivity index (χ0v) is 11.6. The van der Waals surface area contributed by atoms with Crippen LogP contribution in [0.25, 0.3) is 0 Å². The Morgan fingerprint density at radius 1 is 1.11 bits per heavy atom. The maximum atomic E-state index is 9.33. The lowest BCUT2D eigenvalue weighted by Gasteiger charge is -2.19. The first-order valence-electron chi connectivity index (χ1n) is 6.34. The van der Waals surface area contributed by atoms with Crippen molar-refractivity contribution in [2.45, 2.75) is 32.8 Å². The highest BCUT2D eigenvalue weighted by Gasteiger charge is 2.17. The van der Waals surface area contributed by atoms with E-state index in [4.69, 9.17) is 4.74 Å². The van der Waals surface area contributed by atoms with Gasteiger partial charge >= 0.3 is 0 Å². The monoisotopic (exact) mass is 257 g/mol. The Bertz CT molecular complexity index is 544. The molecule has 0 aliphatic rings. The van der Waals surface area contributed by atoms with Gasteiger partial charge in [-0.1, -0.05) is 39.0 Å². The molecule has 0 saturated carbocycles. The van der Waals surface area contributed by atoms with E-state index in [1.165, 1.54) is 0 Å². The van der Waals surface area contributed by atoms with E-state index in [9.17, 15) is 5.11 Å². The Balaban J connectivity index is 2.35. The normalized spacial score (nSPS) is 11.4. The van der Waals surface area contributed by atoms with Crippen molar-refractivity contribution in [3.8, 4) is 11.6 Å². The van der Waals surface area contributed by atoms with Crippen LogP contribution in [-0.2, 0) is 12.0 Å². The van der Waals surface area contributed by atoms with Crippen molar-refractivity contribution in [1.82, 2.24) is 4.98 Å². The fourth-order valence-corrected chi connectivity index (χ4v) is 1.70. The summed E-state index contributed by atoms with van der Waals surface area (Å²) in [6, 6.07) is 13.2. The molecule has 1 N–H and O–H groups in total. The molecule has 0 radical (unpaired) electrons. The van der Waals surface area contributed by atoms with Gasteiger partial charge in [-0.05, 0) is 23.8 Å². The van der Waals surface area contributed by atoms with Crippen molar-refractivity contribution in [3.05, 3.63) is 53.7 Å². The van der Waals surface area contributed by atoms with Crippen LogP contribution in [0, 0.1) is 0 Å². The first kappa shape index (κ1) is 13.6. The molecule has 0 unspecified atom stereocenters. The van der Waals surface area contributed by atoms with Gasteiger partial charge in [0.2, 0.25) is 5.88 Å². The number of nitrogens with zero attached hydrogens (tertiary/aromatic N) is 1. The number of ether oxygens (including phenoxy) is 1. The number of benzene rings is 1. The predicted octanol–water partition coefficient (Wildman–Crippen LogP) is 3.66. The highest BCUT2D eigenvalue weighted by atomic mass is 16.5. The van der Waals surface area contributed by atoms with E-state index in [1.54, 1.807) is 6.07 Å². The summed E-state index contributed by atoms with van der Waals surface area (Å²) < 4.78 is 5.73. The third kappa shape index (κ3) is 3.55. The van der Waals surface area contributed by atoms with Crippen molar-refractivity contribution in [2.24, 2.45) is 0 Å². The van der Waals surface area contributed by atoms with Crippen LogP contribution in [-0.4, -0.2) is 10.1 Å². The number of pyridine rings is 1. The summed E-state index contributed by atoms with van der Waals surface area (Å²) >= 11 is 0. The van der Waals surface area contributed by atoms with Crippen LogP contribution in [0.3, 0.4) is 0 Å². The highest BCUT2D eigenvalue weighted by molar-refractivity contribution is 5.32. The molecule has 0 amide bonds. The number of aliphatic hydroxyl groups is 1. The Hall–Kier alpha value is -1.87. The van der Waals surface area contributed by atoms with Crippen molar-refractivity contribution in [1.29, 1.82) is 0 Å². The first-order chi connectivity index (χ1) is 8.99. The van der Waals surface area contributed by atoms with Gasteiger partial charge in [0.15, 0.2) is 0 Å². The average Bonchev–Trinajstić information content (AvgIpc) is 2.38. The van der Waals surface area contributed by atoms with Gasteiger partial charge in [-0.15, -0.1) is 0 Å². The minimum Gasteiger partial charge on any atom is -0.439 e. The van der Waals surface area contributed by atoms with Gasteiger partial charge in [0, 0.05) is 11.5 Å². The third-order valence-corrected chi connectivity index (χ3v) is 2.78. The van der Waals surface area contributed by atoms with E-state index in [1.807, 2.05) is 36.4 Å². The zero-order valence-electron chi connectivity index (χ0n) is 11.6.